The molecule has 0 aliphatic carbocycles. The zero-order valence-electron chi connectivity index (χ0n) is 13.8. The molecule has 0 bridgehead atoms. The monoisotopic (exact) mass is 285 g/mol. The second-order valence-electron chi connectivity index (χ2n) is 6.18. The molecule has 118 valence electrons. The quantitative estimate of drug-likeness (QED) is 0.672. The van der Waals surface area contributed by atoms with Crippen LogP contribution >= 0.6 is 0 Å². The summed E-state index contributed by atoms with van der Waals surface area (Å²) in [5.74, 6) is 0.163. The van der Waals surface area contributed by atoms with Gasteiger partial charge in [-0.3, -0.25) is 14.9 Å². The van der Waals surface area contributed by atoms with E-state index in [2.05, 4.69) is 19.2 Å². The second-order valence-corrected chi connectivity index (χ2v) is 6.18. The Balaban J connectivity index is 4.59. The Morgan fingerprint density at radius 1 is 1.15 bits per heavy atom. The second kappa shape index (κ2) is 8.95. The first-order valence-corrected chi connectivity index (χ1v) is 7.52. The Morgan fingerprint density at radius 3 is 2.05 bits per heavy atom. The fraction of sp³-hybridized carbons (Fsp3) is 0.867. The van der Waals surface area contributed by atoms with E-state index in [1.165, 1.54) is 0 Å². The highest BCUT2D eigenvalue weighted by Gasteiger charge is 2.24. The van der Waals surface area contributed by atoms with Crippen molar-refractivity contribution < 1.29 is 9.59 Å². The van der Waals surface area contributed by atoms with Crippen molar-refractivity contribution in [1.29, 1.82) is 0 Å². The standard InChI is InChI=1S/C15H31N3O2/c1-7-12(6)14(15(16)20)17-8-13(19)18(11(4)5)9-10(2)3/h10-12,14,17H,7-9H2,1-6H3,(H2,16,20). The number of amides is 2. The van der Waals surface area contributed by atoms with Crippen LogP contribution in [0.15, 0.2) is 0 Å². The van der Waals surface area contributed by atoms with Crippen LogP contribution in [0.3, 0.4) is 0 Å². The number of nitrogens with zero attached hydrogens (tertiary/aromatic N) is 1. The number of nitrogens with two attached hydrogens (primary N) is 1. The van der Waals surface area contributed by atoms with Crippen LogP contribution in [0.2, 0.25) is 0 Å². The van der Waals surface area contributed by atoms with Gasteiger partial charge < -0.3 is 10.6 Å². The molecular formula is C15H31N3O2. The number of carbonyl (C=O) groups is 2. The first-order chi connectivity index (χ1) is 9.20. The van der Waals surface area contributed by atoms with E-state index in [1.54, 1.807) is 0 Å². The van der Waals surface area contributed by atoms with Crippen molar-refractivity contribution >= 4 is 11.8 Å². The summed E-state index contributed by atoms with van der Waals surface area (Å²) in [6.07, 6.45) is 0.842. The summed E-state index contributed by atoms with van der Waals surface area (Å²) in [5, 5.41) is 3.01. The van der Waals surface area contributed by atoms with Gasteiger partial charge in [0.15, 0.2) is 0 Å². The molecule has 0 aromatic carbocycles. The summed E-state index contributed by atoms with van der Waals surface area (Å²) in [7, 11) is 0. The van der Waals surface area contributed by atoms with Gasteiger partial charge in [0.25, 0.3) is 0 Å². The minimum absolute atomic E-state index is 0.0169. The van der Waals surface area contributed by atoms with Gasteiger partial charge >= 0.3 is 0 Å². The molecule has 2 amide bonds. The van der Waals surface area contributed by atoms with Crippen molar-refractivity contribution in [2.75, 3.05) is 13.1 Å². The van der Waals surface area contributed by atoms with Crippen LogP contribution in [0.4, 0.5) is 0 Å². The fourth-order valence-corrected chi connectivity index (χ4v) is 2.11. The third-order valence-corrected chi connectivity index (χ3v) is 3.50. The molecule has 0 aliphatic heterocycles. The van der Waals surface area contributed by atoms with Crippen LogP contribution < -0.4 is 11.1 Å². The van der Waals surface area contributed by atoms with Gasteiger partial charge in [-0.1, -0.05) is 34.1 Å². The Hall–Kier alpha value is -1.10. The summed E-state index contributed by atoms with van der Waals surface area (Å²) in [6, 6.07) is -0.292. The predicted molar refractivity (Wildman–Crippen MR) is 82.1 cm³/mol. The molecule has 2 atom stereocenters. The lowest BCUT2D eigenvalue weighted by atomic mass is 9.98. The molecule has 5 heteroatoms. The van der Waals surface area contributed by atoms with Crippen molar-refractivity contribution in [3.8, 4) is 0 Å². The van der Waals surface area contributed by atoms with Crippen molar-refractivity contribution in [2.24, 2.45) is 17.6 Å². The van der Waals surface area contributed by atoms with Gasteiger partial charge in [0.1, 0.15) is 0 Å². The van der Waals surface area contributed by atoms with Crippen LogP contribution in [0, 0.1) is 11.8 Å². The molecular weight excluding hydrogens is 254 g/mol. The van der Waals surface area contributed by atoms with Crippen LogP contribution in [-0.4, -0.2) is 41.9 Å². The summed E-state index contributed by atoms with van der Waals surface area (Å²) >= 11 is 0. The molecule has 5 nitrogen and oxygen atoms in total. The minimum atomic E-state index is -0.447. The van der Waals surface area contributed by atoms with E-state index >= 15 is 0 Å². The van der Waals surface area contributed by atoms with Gasteiger partial charge in [-0.05, 0) is 25.7 Å². The summed E-state index contributed by atoms with van der Waals surface area (Å²) < 4.78 is 0. The van der Waals surface area contributed by atoms with Gasteiger partial charge in [0.2, 0.25) is 11.8 Å². The fourth-order valence-electron chi connectivity index (χ4n) is 2.11. The zero-order valence-corrected chi connectivity index (χ0v) is 13.8. The highest BCUT2D eigenvalue weighted by molar-refractivity contribution is 5.82. The molecule has 20 heavy (non-hydrogen) atoms. The van der Waals surface area contributed by atoms with Crippen molar-refractivity contribution in [1.82, 2.24) is 10.2 Å². The molecule has 2 unspecified atom stereocenters. The van der Waals surface area contributed by atoms with Crippen LogP contribution in [0.1, 0.15) is 48.0 Å². The molecule has 0 fully saturated rings. The Morgan fingerprint density at radius 2 is 1.70 bits per heavy atom. The lowest BCUT2D eigenvalue weighted by molar-refractivity contribution is -0.132. The first kappa shape index (κ1) is 18.9. The number of nitrogens with one attached hydrogen (secondary N) is 1. The first-order valence-electron chi connectivity index (χ1n) is 7.52. The average Bonchev–Trinajstić information content (AvgIpc) is 2.34. The molecule has 0 aromatic heterocycles. The Kier molecular flexibility index (Phi) is 8.46. The molecule has 0 rings (SSSR count). The molecule has 0 saturated heterocycles. The van der Waals surface area contributed by atoms with Gasteiger partial charge in [-0.25, -0.2) is 0 Å². The lowest BCUT2D eigenvalue weighted by Gasteiger charge is -2.30. The zero-order chi connectivity index (χ0) is 15.9. The SMILES string of the molecule is CCC(C)C(NCC(=O)N(CC(C)C)C(C)C)C(N)=O. The highest BCUT2D eigenvalue weighted by Crippen LogP contribution is 2.08. The maximum atomic E-state index is 12.3. The number of hydrogen-bond acceptors (Lipinski definition) is 3. The van der Waals surface area contributed by atoms with Gasteiger partial charge in [-0.15, -0.1) is 0 Å². The van der Waals surface area contributed by atoms with Crippen molar-refractivity contribution in [3.63, 3.8) is 0 Å². The molecule has 0 radical (unpaired) electrons. The van der Waals surface area contributed by atoms with Gasteiger partial charge in [0, 0.05) is 12.6 Å². The summed E-state index contributed by atoms with van der Waals surface area (Å²) in [4.78, 5) is 25.5. The molecule has 0 aliphatic rings. The molecule has 0 aromatic rings. The number of hydrogen-bond donors (Lipinski definition) is 2. The van der Waals surface area contributed by atoms with Crippen molar-refractivity contribution in [2.45, 2.75) is 60.0 Å². The van der Waals surface area contributed by atoms with Crippen LogP contribution in [-0.2, 0) is 9.59 Å². The van der Waals surface area contributed by atoms with Gasteiger partial charge in [-0.2, -0.15) is 0 Å². The molecule has 3 N–H and O–H groups in total. The van der Waals surface area contributed by atoms with E-state index in [0.29, 0.717) is 5.92 Å². The van der Waals surface area contributed by atoms with E-state index in [1.807, 2.05) is 32.6 Å². The van der Waals surface area contributed by atoms with Crippen molar-refractivity contribution in [3.05, 3.63) is 0 Å². The number of rotatable bonds is 9. The van der Waals surface area contributed by atoms with Crippen LogP contribution in [0.5, 0.6) is 0 Å². The summed E-state index contributed by atoms with van der Waals surface area (Å²) in [6.45, 7) is 13.0. The van der Waals surface area contributed by atoms with E-state index in [0.717, 1.165) is 13.0 Å². The molecule has 0 heterocycles. The highest BCUT2D eigenvalue weighted by atomic mass is 16.2. The van der Waals surface area contributed by atoms with E-state index in [-0.39, 0.29) is 24.4 Å². The number of carbonyl (C=O) groups excluding carboxylic acids is 2. The smallest absolute Gasteiger partial charge is 0.236 e. The summed E-state index contributed by atoms with van der Waals surface area (Å²) in [5.41, 5.74) is 5.39. The largest absolute Gasteiger partial charge is 0.368 e. The average molecular weight is 285 g/mol. The minimum Gasteiger partial charge on any atom is -0.368 e. The third-order valence-electron chi connectivity index (χ3n) is 3.50. The van der Waals surface area contributed by atoms with Gasteiger partial charge in [0.05, 0.1) is 12.6 Å². The molecule has 0 spiro atoms. The lowest BCUT2D eigenvalue weighted by Crippen LogP contribution is -2.51. The third kappa shape index (κ3) is 6.37. The topological polar surface area (TPSA) is 75.4 Å². The predicted octanol–water partition coefficient (Wildman–Crippen LogP) is 1.37. The van der Waals surface area contributed by atoms with E-state index < -0.39 is 11.9 Å². The maximum Gasteiger partial charge on any atom is 0.236 e. The number of primary amides is 1. The molecule has 0 saturated carbocycles. The maximum absolute atomic E-state index is 12.3. The van der Waals surface area contributed by atoms with E-state index in [9.17, 15) is 9.59 Å². The normalized spacial score (nSPS) is 14.4. The van der Waals surface area contributed by atoms with E-state index in [4.69, 9.17) is 5.73 Å². The Labute approximate surface area is 123 Å². The van der Waals surface area contributed by atoms with Crippen LogP contribution in [0.25, 0.3) is 0 Å². The Bertz CT molecular complexity index is 316.